The quantitative estimate of drug-likeness (QED) is 0.0287. The Labute approximate surface area is 437 Å². The second kappa shape index (κ2) is 32.4. The average molecular weight is 1100 g/mol. The molecule has 0 aromatic rings. The van der Waals surface area contributed by atoms with Crippen LogP contribution in [0.5, 0.6) is 0 Å². The number of hydrogen-bond acceptors (Lipinski definition) is 23. The number of carbonyl (C=O) groups excluding carboxylic acids is 8. The summed E-state index contributed by atoms with van der Waals surface area (Å²) in [5.74, 6) is -10.4. The summed E-state index contributed by atoms with van der Waals surface area (Å²) >= 11 is 0. The zero-order valence-corrected chi connectivity index (χ0v) is 43.0. The van der Waals surface area contributed by atoms with Crippen LogP contribution in [0.3, 0.4) is 0 Å². The summed E-state index contributed by atoms with van der Waals surface area (Å²) in [5.41, 5.74) is 11.7. The number of aliphatic carboxylic acids is 1. The number of aliphatic hydroxyl groups excluding tert-OH is 8. The van der Waals surface area contributed by atoms with Gasteiger partial charge in [-0.05, 0) is 45.6 Å². The van der Waals surface area contributed by atoms with Crippen molar-refractivity contribution < 1.29 is 108 Å². The number of carbonyl (C=O) groups is 9. The molecule has 0 aromatic heterocycles. The maximum Gasteiger partial charge on any atom is 0.322 e. The second-order valence-corrected chi connectivity index (χ2v) is 18.5. The molecule has 436 valence electrons. The molecule has 0 spiro atoms. The summed E-state index contributed by atoms with van der Waals surface area (Å²) < 4.78 is 22.6. The van der Waals surface area contributed by atoms with Crippen molar-refractivity contribution in [3.05, 3.63) is 0 Å². The van der Waals surface area contributed by atoms with Crippen LogP contribution >= 0.6 is 0 Å². The molecule has 2 fully saturated rings. The number of nitrogens with two attached hydrogens (primary N) is 2. The average Bonchev–Trinajstić information content (AvgIpc) is 3.36. The van der Waals surface area contributed by atoms with E-state index in [1.165, 1.54) is 0 Å². The molecule has 8 amide bonds. The third-order valence-electron chi connectivity index (χ3n) is 12.3. The number of carboxylic acids is 1. The van der Waals surface area contributed by atoms with E-state index in [1.807, 2.05) is 0 Å². The van der Waals surface area contributed by atoms with Crippen molar-refractivity contribution in [3.8, 4) is 0 Å². The number of carboxylic acid groups (broad SMARTS) is 1. The zero-order chi connectivity index (χ0) is 57.7. The van der Waals surface area contributed by atoms with Crippen LogP contribution in [0.25, 0.3) is 0 Å². The number of unbranched alkanes of at least 4 members (excludes halogenated alkanes) is 1. The van der Waals surface area contributed by atoms with Crippen LogP contribution in [-0.4, -0.2) is 248 Å². The zero-order valence-electron chi connectivity index (χ0n) is 43.0. The second-order valence-electron chi connectivity index (χ2n) is 18.5. The summed E-state index contributed by atoms with van der Waals surface area (Å²) in [6, 6.07) is -13.7. The summed E-state index contributed by atoms with van der Waals surface area (Å²) in [6.07, 6.45) is -16.4. The van der Waals surface area contributed by atoms with Crippen molar-refractivity contribution in [2.24, 2.45) is 17.4 Å². The molecule has 0 aliphatic carbocycles. The third kappa shape index (κ3) is 20.2. The number of aliphatic hydroxyl groups is 8. The summed E-state index contributed by atoms with van der Waals surface area (Å²) in [5, 5.41) is 111. The summed E-state index contributed by atoms with van der Waals surface area (Å²) in [6.45, 7) is 3.20. The molecule has 2 aliphatic heterocycles. The molecule has 32 nitrogen and oxygen atoms in total. The van der Waals surface area contributed by atoms with Crippen LogP contribution in [-0.2, 0) is 62.1 Å². The Balaban J connectivity index is 2.61. The minimum absolute atomic E-state index is 0.0786. The fourth-order valence-electron chi connectivity index (χ4n) is 7.64. The highest BCUT2D eigenvalue weighted by Crippen LogP contribution is 2.24. The molecule has 76 heavy (non-hydrogen) atoms. The van der Waals surface area contributed by atoms with E-state index in [0.29, 0.717) is 12.8 Å². The molecule has 0 unspecified atom stereocenters. The number of hydrogen-bond donors (Lipinski definition) is 19. The van der Waals surface area contributed by atoms with Gasteiger partial charge in [0.25, 0.3) is 0 Å². The molecule has 21 N–H and O–H groups in total. The monoisotopic (exact) mass is 1100 g/mol. The largest absolute Gasteiger partial charge is 0.480 e. The lowest BCUT2D eigenvalue weighted by Gasteiger charge is -2.42. The molecule has 2 saturated heterocycles. The predicted molar refractivity (Wildman–Crippen MR) is 257 cm³/mol. The lowest BCUT2D eigenvalue weighted by molar-refractivity contribution is -0.271. The van der Waals surface area contributed by atoms with Crippen LogP contribution in [0.1, 0.15) is 67.2 Å². The SMILES string of the molecule is CC[C@H](C)[C@H](N)C(=O)N[C@@H](CO[C@H]1O[C@H](CO)[C@H](O)[C@H](O)[C@H]1NC(C)=O)C(=O)N[C@H](C(=O)N[C@@H](CO[C@H]1O[C@H](CO)[C@H](O)[C@H](O)[C@H]1NC(C)=O)C(=O)N[C@H](C(=O)N[C@@H](CCCCN)C(=O)NCC(=O)O)[C@@H](C)O)[C@@H](C)O. The van der Waals surface area contributed by atoms with Gasteiger partial charge >= 0.3 is 5.97 Å². The lowest BCUT2D eigenvalue weighted by Crippen LogP contribution is -2.66. The molecular weight excluding hydrogens is 1020 g/mol. The van der Waals surface area contributed by atoms with E-state index in [0.717, 1.165) is 27.7 Å². The van der Waals surface area contributed by atoms with Gasteiger partial charge in [-0.3, -0.25) is 43.2 Å². The van der Waals surface area contributed by atoms with Gasteiger partial charge in [-0.2, -0.15) is 0 Å². The predicted octanol–water partition coefficient (Wildman–Crippen LogP) is -10.2. The molecule has 2 rings (SSSR count). The minimum Gasteiger partial charge on any atom is -0.480 e. The van der Waals surface area contributed by atoms with E-state index in [9.17, 15) is 84.0 Å². The Bertz CT molecular complexity index is 1940. The van der Waals surface area contributed by atoms with Crippen molar-refractivity contribution in [2.45, 2.75) is 177 Å². The maximum absolute atomic E-state index is 14.3. The Hall–Kier alpha value is -5.33. The van der Waals surface area contributed by atoms with Gasteiger partial charge in [0.05, 0.1) is 44.7 Å². The van der Waals surface area contributed by atoms with Gasteiger partial charge in [0.15, 0.2) is 12.6 Å². The van der Waals surface area contributed by atoms with Gasteiger partial charge in [-0.1, -0.05) is 20.3 Å². The van der Waals surface area contributed by atoms with Crippen molar-refractivity contribution in [1.82, 2.24) is 42.5 Å². The van der Waals surface area contributed by atoms with Gasteiger partial charge in [0.1, 0.15) is 85.5 Å². The summed E-state index contributed by atoms with van der Waals surface area (Å²) in [7, 11) is 0. The molecule has 0 radical (unpaired) electrons. The smallest absolute Gasteiger partial charge is 0.322 e. The molecule has 0 aromatic carbocycles. The van der Waals surface area contributed by atoms with Crippen molar-refractivity contribution in [1.29, 1.82) is 0 Å². The maximum atomic E-state index is 14.3. The minimum atomic E-state index is -2.08. The van der Waals surface area contributed by atoms with E-state index in [1.54, 1.807) is 13.8 Å². The highest BCUT2D eigenvalue weighted by molar-refractivity contribution is 5.97. The van der Waals surface area contributed by atoms with Crippen molar-refractivity contribution in [3.63, 3.8) is 0 Å². The molecule has 19 atom stereocenters. The van der Waals surface area contributed by atoms with Crippen molar-refractivity contribution >= 4 is 53.2 Å². The highest BCUT2D eigenvalue weighted by Gasteiger charge is 2.48. The Morgan fingerprint density at radius 1 is 0.592 bits per heavy atom. The van der Waals surface area contributed by atoms with Crippen molar-refractivity contribution in [2.75, 3.05) is 39.5 Å². The number of nitrogens with one attached hydrogen (secondary N) is 8. The Morgan fingerprint density at radius 2 is 1.00 bits per heavy atom. The standard InChI is InChI=1S/C44H78N10O22/c1-7-17(2)28(46)40(70)51-23(15-73-43-31(48-20(5)59)35(65)33(63)25(13-55)75-43)38(68)54-30(19(4)58)42(72)52-24(16-74-44-32(49-21(6)60)36(66)34(64)26(14-56)76-44)39(69)53-29(18(3)57)41(71)50-22(10-8-9-11-45)37(67)47-12-27(61)62/h17-19,22-26,28-36,43-44,55-58,63-66H,7-16,45-46H2,1-6H3,(H,47,67)(H,48,59)(H,49,60)(H,50,71)(H,51,70)(H,52,72)(H,53,69)(H,54,68)(H,61,62)/t17-,18+,19+,22-,23-,24-,25+,26+,28-,29-,30-,31+,32+,33-,34-,35+,36+,43-,44-/m0/s1. The molecule has 32 heteroatoms. The number of ether oxygens (including phenoxy) is 4. The Morgan fingerprint density at radius 3 is 1.36 bits per heavy atom. The van der Waals surface area contributed by atoms with Crippen LogP contribution in [0, 0.1) is 5.92 Å². The first-order chi connectivity index (χ1) is 35.6. The van der Waals surface area contributed by atoms with E-state index in [2.05, 4.69) is 42.5 Å². The normalized spacial score (nSPS) is 27.0. The molecular formula is C44H78N10O22. The molecule has 2 aliphatic rings. The lowest BCUT2D eigenvalue weighted by atomic mass is 9.97. The molecule has 2 heterocycles. The van der Waals surface area contributed by atoms with E-state index in [-0.39, 0.29) is 19.4 Å². The van der Waals surface area contributed by atoms with Gasteiger partial charge in [0, 0.05) is 13.8 Å². The van der Waals surface area contributed by atoms with Gasteiger partial charge < -0.3 is 119 Å². The fraction of sp³-hybridized carbons (Fsp3) is 0.795. The molecule has 0 bridgehead atoms. The van der Waals surface area contributed by atoms with E-state index in [4.69, 9.17) is 35.5 Å². The van der Waals surface area contributed by atoms with Gasteiger partial charge in [0.2, 0.25) is 47.3 Å². The Kier molecular flexibility index (Phi) is 28.5. The van der Waals surface area contributed by atoms with E-state index >= 15 is 0 Å². The highest BCUT2D eigenvalue weighted by atomic mass is 16.7. The first-order valence-corrected chi connectivity index (χ1v) is 24.5. The summed E-state index contributed by atoms with van der Waals surface area (Å²) in [4.78, 5) is 118. The number of rotatable bonds is 31. The van der Waals surface area contributed by atoms with Gasteiger partial charge in [-0.25, -0.2) is 0 Å². The van der Waals surface area contributed by atoms with Gasteiger partial charge in [-0.15, -0.1) is 0 Å². The van der Waals surface area contributed by atoms with Crippen LogP contribution in [0.4, 0.5) is 0 Å². The van der Waals surface area contributed by atoms with Crippen LogP contribution in [0.15, 0.2) is 0 Å². The molecule has 0 saturated carbocycles. The third-order valence-corrected chi connectivity index (χ3v) is 12.3. The van der Waals surface area contributed by atoms with Crippen LogP contribution < -0.4 is 54.0 Å². The topological polar surface area (TPSA) is 521 Å². The first-order valence-electron chi connectivity index (χ1n) is 24.5. The fourth-order valence-corrected chi connectivity index (χ4v) is 7.64. The number of amides is 8. The first kappa shape index (κ1) is 66.8. The van der Waals surface area contributed by atoms with E-state index < -0.39 is 202 Å². The van der Waals surface area contributed by atoms with Crippen LogP contribution in [0.2, 0.25) is 0 Å².